The molecule has 1 aliphatic rings. The summed E-state index contributed by atoms with van der Waals surface area (Å²) in [6.07, 6.45) is 1.07. The number of carbonyl (C=O) groups is 1. The largest absolute Gasteiger partial charge is 0.492 e. The lowest BCUT2D eigenvalue weighted by Crippen LogP contribution is -2.28. The zero-order valence-electron chi connectivity index (χ0n) is 13.8. The van der Waals surface area contributed by atoms with E-state index in [0.29, 0.717) is 44.2 Å². The first-order valence-electron chi connectivity index (χ1n) is 8.24. The van der Waals surface area contributed by atoms with Crippen molar-refractivity contribution in [3.8, 4) is 17.2 Å². The minimum atomic E-state index is -0.00500. The van der Waals surface area contributed by atoms with Gasteiger partial charge in [-0.25, -0.2) is 0 Å². The molecule has 5 nitrogen and oxygen atoms in total. The second-order valence-electron chi connectivity index (χ2n) is 5.63. The summed E-state index contributed by atoms with van der Waals surface area (Å²) in [7, 11) is 0. The standard InChI is InChI=1S/C19H20ClNO4/c20-15-3-5-16(6-4-15)23-10-9-21-19(22)8-2-14-1-7-17-18(13-14)25-12-11-24-17/h1,3-7,13H,2,8-12H2,(H,21,22). The monoisotopic (exact) mass is 361 g/mol. The van der Waals surface area contributed by atoms with Gasteiger partial charge in [-0.3, -0.25) is 4.79 Å². The van der Waals surface area contributed by atoms with Crippen LogP contribution in [0.25, 0.3) is 0 Å². The molecule has 1 N–H and O–H groups in total. The molecule has 2 aromatic carbocycles. The average Bonchev–Trinajstić information content (AvgIpc) is 2.65. The Morgan fingerprint density at radius 3 is 2.64 bits per heavy atom. The predicted octanol–water partition coefficient (Wildman–Crippen LogP) is 3.24. The Hall–Kier alpha value is -2.40. The van der Waals surface area contributed by atoms with Gasteiger partial charge in [-0.05, 0) is 48.4 Å². The van der Waals surface area contributed by atoms with E-state index in [9.17, 15) is 4.79 Å². The topological polar surface area (TPSA) is 56.8 Å². The van der Waals surface area contributed by atoms with Crippen molar-refractivity contribution >= 4 is 17.5 Å². The van der Waals surface area contributed by atoms with Crippen LogP contribution in [0.15, 0.2) is 42.5 Å². The van der Waals surface area contributed by atoms with Crippen molar-refractivity contribution < 1.29 is 19.0 Å². The van der Waals surface area contributed by atoms with E-state index in [1.165, 1.54) is 0 Å². The van der Waals surface area contributed by atoms with Gasteiger partial charge in [0.2, 0.25) is 5.91 Å². The number of hydrogen-bond acceptors (Lipinski definition) is 4. The van der Waals surface area contributed by atoms with Gasteiger partial charge >= 0.3 is 0 Å². The number of ether oxygens (including phenoxy) is 3. The maximum atomic E-state index is 11.9. The van der Waals surface area contributed by atoms with Crippen LogP contribution in [0.1, 0.15) is 12.0 Å². The lowest BCUT2D eigenvalue weighted by Gasteiger charge is -2.18. The number of benzene rings is 2. The third kappa shape index (κ3) is 5.29. The van der Waals surface area contributed by atoms with E-state index in [1.54, 1.807) is 24.3 Å². The highest BCUT2D eigenvalue weighted by Crippen LogP contribution is 2.31. The summed E-state index contributed by atoms with van der Waals surface area (Å²) in [6, 6.07) is 12.9. The van der Waals surface area contributed by atoms with Crippen LogP contribution in [0.5, 0.6) is 17.2 Å². The van der Waals surface area contributed by atoms with Gasteiger partial charge in [-0.15, -0.1) is 0 Å². The Labute approximate surface area is 151 Å². The van der Waals surface area contributed by atoms with Gasteiger partial charge in [0.15, 0.2) is 11.5 Å². The number of amides is 1. The zero-order valence-corrected chi connectivity index (χ0v) is 14.6. The van der Waals surface area contributed by atoms with Crippen molar-refractivity contribution in [1.82, 2.24) is 5.32 Å². The number of aryl methyl sites for hydroxylation is 1. The minimum Gasteiger partial charge on any atom is -0.492 e. The second-order valence-corrected chi connectivity index (χ2v) is 6.07. The van der Waals surface area contributed by atoms with E-state index in [0.717, 1.165) is 22.8 Å². The lowest BCUT2D eigenvalue weighted by molar-refractivity contribution is -0.121. The summed E-state index contributed by atoms with van der Waals surface area (Å²) in [5.74, 6) is 2.24. The van der Waals surface area contributed by atoms with E-state index in [1.807, 2.05) is 18.2 Å². The summed E-state index contributed by atoms with van der Waals surface area (Å²) < 4.78 is 16.6. The molecule has 6 heteroatoms. The predicted molar refractivity (Wildman–Crippen MR) is 95.7 cm³/mol. The fourth-order valence-electron chi connectivity index (χ4n) is 2.48. The van der Waals surface area contributed by atoms with Gasteiger partial charge in [0.25, 0.3) is 0 Å². The van der Waals surface area contributed by atoms with E-state index < -0.39 is 0 Å². The van der Waals surface area contributed by atoms with Crippen molar-refractivity contribution in [3.05, 3.63) is 53.1 Å². The molecule has 0 fully saturated rings. The number of carbonyl (C=O) groups excluding carboxylic acids is 1. The maximum absolute atomic E-state index is 11.9. The van der Waals surface area contributed by atoms with Crippen LogP contribution in [0.2, 0.25) is 5.02 Å². The Morgan fingerprint density at radius 2 is 1.84 bits per heavy atom. The number of fused-ring (bicyclic) bond motifs is 1. The van der Waals surface area contributed by atoms with E-state index in [4.69, 9.17) is 25.8 Å². The normalized spacial score (nSPS) is 12.5. The summed E-state index contributed by atoms with van der Waals surface area (Å²) >= 11 is 5.81. The Kier molecular flexibility index (Phi) is 6.01. The van der Waals surface area contributed by atoms with Gasteiger partial charge in [0.05, 0.1) is 6.54 Å². The summed E-state index contributed by atoms with van der Waals surface area (Å²) in [5, 5.41) is 3.52. The first-order chi connectivity index (χ1) is 12.2. The van der Waals surface area contributed by atoms with Crippen LogP contribution in [0.3, 0.4) is 0 Å². The molecular weight excluding hydrogens is 342 g/mol. The molecule has 1 amide bonds. The molecule has 1 aliphatic heterocycles. The molecule has 0 bridgehead atoms. The Balaban J connectivity index is 1.36. The van der Waals surface area contributed by atoms with Gasteiger partial charge in [0.1, 0.15) is 25.6 Å². The summed E-state index contributed by atoms with van der Waals surface area (Å²) in [6.45, 7) is 2.01. The molecule has 132 valence electrons. The van der Waals surface area contributed by atoms with Crippen molar-refractivity contribution in [2.45, 2.75) is 12.8 Å². The Bertz CT molecular complexity index is 718. The fraction of sp³-hybridized carbons (Fsp3) is 0.316. The van der Waals surface area contributed by atoms with Gasteiger partial charge in [-0.1, -0.05) is 17.7 Å². The molecule has 3 rings (SSSR count). The Morgan fingerprint density at radius 1 is 1.08 bits per heavy atom. The number of nitrogens with one attached hydrogen (secondary N) is 1. The molecule has 0 saturated carbocycles. The molecule has 0 radical (unpaired) electrons. The van der Waals surface area contributed by atoms with Crippen LogP contribution in [0.4, 0.5) is 0 Å². The third-order valence-corrected chi connectivity index (χ3v) is 4.01. The average molecular weight is 362 g/mol. The smallest absolute Gasteiger partial charge is 0.220 e. The maximum Gasteiger partial charge on any atom is 0.220 e. The van der Waals surface area contributed by atoms with E-state index >= 15 is 0 Å². The van der Waals surface area contributed by atoms with Crippen molar-refractivity contribution in [3.63, 3.8) is 0 Å². The lowest BCUT2D eigenvalue weighted by atomic mass is 10.1. The molecule has 0 saturated heterocycles. The SMILES string of the molecule is O=C(CCc1ccc2c(c1)OCCO2)NCCOc1ccc(Cl)cc1. The molecule has 0 aliphatic carbocycles. The molecule has 25 heavy (non-hydrogen) atoms. The quantitative estimate of drug-likeness (QED) is 0.769. The van der Waals surface area contributed by atoms with Crippen LogP contribution >= 0.6 is 11.6 Å². The highest BCUT2D eigenvalue weighted by atomic mass is 35.5. The minimum absolute atomic E-state index is 0.00500. The number of halogens is 1. The van der Waals surface area contributed by atoms with Gasteiger partial charge in [0, 0.05) is 11.4 Å². The highest BCUT2D eigenvalue weighted by molar-refractivity contribution is 6.30. The number of hydrogen-bond donors (Lipinski definition) is 1. The molecule has 0 spiro atoms. The molecule has 0 atom stereocenters. The van der Waals surface area contributed by atoms with Crippen LogP contribution in [0, 0.1) is 0 Å². The van der Waals surface area contributed by atoms with Crippen molar-refractivity contribution in [1.29, 1.82) is 0 Å². The van der Waals surface area contributed by atoms with E-state index in [-0.39, 0.29) is 5.91 Å². The summed E-state index contributed by atoms with van der Waals surface area (Å²) in [5.41, 5.74) is 1.05. The second kappa shape index (κ2) is 8.62. The molecular formula is C19H20ClNO4. The van der Waals surface area contributed by atoms with Crippen molar-refractivity contribution in [2.75, 3.05) is 26.4 Å². The van der Waals surface area contributed by atoms with Crippen LogP contribution in [-0.2, 0) is 11.2 Å². The van der Waals surface area contributed by atoms with Crippen LogP contribution < -0.4 is 19.5 Å². The molecule has 0 aromatic heterocycles. The highest BCUT2D eigenvalue weighted by Gasteiger charge is 2.12. The number of rotatable bonds is 7. The first-order valence-corrected chi connectivity index (χ1v) is 8.62. The molecule has 2 aromatic rings. The first kappa shape index (κ1) is 17.4. The third-order valence-electron chi connectivity index (χ3n) is 3.75. The van der Waals surface area contributed by atoms with Crippen molar-refractivity contribution in [2.24, 2.45) is 0 Å². The van der Waals surface area contributed by atoms with Gasteiger partial charge < -0.3 is 19.5 Å². The fourth-order valence-corrected chi connectivity index (χ4v) is 2.61. The molecule has 1 heterocycles. The zero-order chi connectivity index (χ0) is 17.5. The summed E-state index contributed by atoms with van der Waals surface area (Å²) in [4.78, 5) is 11.9. The van der Waals surface area contributed by atoms with E-state index in [2.05, 4.69) is 5.32 Å². The molecule has 0 unspecified atom stereocenters. The van der Waals surface area contributed by atoms with Gasteiger partial charge in [-0.2, -0.15) is 0 Å². The van der Waals surface area contributed by atoms with Crippen LogP contribution in [-0.4, -0.2) is 32.3 Å².